The molecule has 24 heavy (non-hydrogen) atoms. The molecule has 0 aromatic heterocycles. The number of anilines is 1. The lowest BCUT2D eigenvalue weighted by molar-refractivity contribution is -0.383. The van der Waals surface area contributed by atoms with E-state index in [9.17, 15) is 19.3 Å². The minimum absolute atomic E-state index is 0.0922. The molecule has 0 atom stereocenters. The van der Waals surface area contributed by atoms with Gasteiger partial charge in [-0.2, -0.15) is 0 Å². The maximum atomic E-state index is 13.1. The van der Waals surface area contributed by atoms with E-state index < -0.39 is 16.6 Å². The zero-order valence-electron chi connectivity index (χ0n) is 12.9. The molecule has 8 heteroatoms. The molecule has 2 aromatic carbocycles. The number of nitrogens with zero attached hydrogens (tertiary/aromatic N) is 1. The largest absolute Gasteiger partial charge is 0.327 e. The molecule has 0 aliphatic heterocycles. The third kappa shape index (κ3) is 3.90. The van der Waals surface area contributed by atoms with Crippen LogP contribution in [0.25, 0.3) is 0 Å². The highest BCUT2D eigenvalue weighted by molar-refractivity contribution is 7.80. The van der Waals surface area contributed by atoms with Crippen molar-refractivity contribution < 1.29 is 14.1 Å². The number of carbonyl (C=O) groups excluding carboxylic acids is 1. The van der Waals surface area contributed by atoms with Crippen LogP contribution in [0.2, 0.25) is 0 Å². The van der Waals surface area contributed by atoms with Crippen molar-refractivity contribution in [3.8, 4) is 0 Å². The van der Waals surface area contributed by atoms with Gasteiger partial charge in [0.15, 0.2) is 5.11 Å². The lowest BCUT2D eigenvalue weighted by Gasteiger charge is -2.13. The Morgan fingerprint density at radius 3 is 2.58 bits per heavy atom. The van der Waals surface area contributed by atoms with Crippen molar-refractivity contribution in [2.45, 2.75) is 13.8 Å². The van der Waals surface area contributed by atoms with Gasteiger partial charge in [-0.1, -0.05) is 12.1 Å². The van der Waals surface area contributed by atoms with Gasteiger partial charge in [-0.25, -0.2) is 4.39 Å². The molecule has 0 aliphatic carbocycles. The highest BCUT2D eigenvalue weighted by Gasteiger charge is 2.19. The predicted octanol–water partition coefficient (Wildman–Crippen LogP) is 3.48. The molecule has 6 nitrogen and oxygen atoms in total. The van der Waals surface area contributed by atoms with Gasteiger partial charge in [0.05, 0.1) is 4.92 Å². The van der Waals surface area contributed by atoms with E-state index in [-0.39, 0.29) is 22.1 Å². The molecule has 0 spiro atoms. The first-order chi connectivity index (χ1) is 11.3. The van der Waals surface area contributed by atoms with E-state index in [1.165, 1.54) is 24.3 Å². The summed E-state index contributed by atoms with van der Waals surface area (Å²) < 4.78 is 13.1. The average molecular weight is 347 g/mol. The normalized spacial score (nSPS) is 10.1. The number of amides is 1. The lowest BCUT2D eigenvalue weighted by Crippen LogP contribution is -2.34. The number of rotatable bonds is 3. The van der Waals surface area contributed by atoms with E-state index in [0.29, 0.717) is 5.56 Å². The molecule has 2 N–H and O–H groups in total. The summed E-state index contributed by atoms with van der Waals surface area (Å²) in [6, 6.07) is 8.11. The van der Waals surface area contributed by atoms with E-state index in [1.54, 1.807) is 19.9 Å². The highest BCUT2D eigenvalue weighted by atomic mass is 32.1. The molecule has 1 amide bonds. The molecular formula is C16H14FN3O3S. The number of hydrogen-bond donors (Lipinski definition) is 2. The molecule has 0 bridgehead atoms. The summed E-state index contributed by atoms with van der Waals surface area (Å²) in [5, 5.41) is 16.1. The second kappa shape index (κ2) is 7.14. The van der Waals surface area contributed by atoms with Crippen LogP contribution >= 0.6 is 12.2 Å². The topological polar surface area (TPSA) is 84.3 Å². The molecule has 0 aliphatic rings. The smallest absolute Gasteiger partial charge is 0.293 e. The van der Waals surface area contributed by atoms with Crippen molar-refractivity contribution >= 4 is 34.6 Å². The van der Waals surface area contributed by atoms with Gasteiger partial charge >= 0.3 is 0 Å². The van der Waals surface area contributed by atoms with Crippen LogP contribution in [-0.2, 0) is 0 Å². The molecule has 0 heterocycles. The van der Waals surface area contributed by atoms with Gasteiger partial charge in [0.2, 0.25) is 0 Å². The number of halogens is 1. The molecule has 124 valence electrons. The van der Waals surface area contributed by atoms with Crippen molar-refractivity contribution in [1.29, 1.82) is 0 Å². The number of carbonyl (C=O) groups is 1. The van der Waals surface area contributed by atoms with Crippen LogP contribution in [-0.4, -0.2) is 15.9 Å². The molecule has 0 saturated heterocycles. The molecule has 0 unspecified atom stereocenters. The van der Waals surface area contributed by atoms with E-state index in [1.807, 2.05) is 0 Å². The van der Waals surface area contributed by atoms with Gasteiger partial charge in [-0.05, 0) is 55.4 Å². The summed E-state index contributed by atoms with van der Waals surface area (Å²) in [4.78, 5) is 22.6. The van der Waals surface area contributed by atoms with Crippen LogP contribution in [0.4, 0.5) is 15.8 Å². The number of thiocarbonyl (C=S) groups is 1. The Hall–Kier alpha value is -2.87. The van der Waals surface area contributed by atoms with Crippen molar-refractivity contribution in [3.05, 3.63) is 69.0 Å². The fourth-order valence-electron chi connectivity index (χ4n) is 2.06. The fraction of sp³-hybridized carbons (Fsp3) is 0.125. The third-order valence-electron chi connectivity index (χ3n) is 3.46. The highest BCUT2D eigenvalue weighted by Crippen LogP contribution is 2.30. The minimum Gasteiger partial charge on any atom is -0.327 e. The van der Waals surface area contributed by atoms with E-state index in [4.69, 9.17) is 12.2 Å². The van der Waals surface area contributed by atoms with Gasteiger partial charge in [-0.15, -0.1) is 0 Å². The molecule has 2 aromatic rings. The fourth-order valence-corrected chi connectivity index (χ4v) is 2.26. The summed E-state index contributed by atoms with van der Waals surface area (Å²) in [7, 11) is 0. The van der Waals surface area contributed by atoms with Crippen LogP contribution in [0.3, 0.4) is 0 Å². The Morgan fingerprint density at radius 2 is 1.96 bits per heavy atom. The van der Waals surface area contributed by atoms with Crippen LogP contribution in [0, 0.1) is 29.8 Å². The first kappa shape index (κ1) is 17.5. The number of aryl methyl sites for hydroxylation is 1. The summed E-state index contributed by atoms with van der Waals surface area (Å²) in [5.41, 5.74) is 1.63. The number of benzene rings is 2. The minimum atomic E-state index is -0.611. The van der Waals surface area contributed by atoms with Gasteiger partial charge in [0.1, 0.15) is 11.5 Å². The lowest BCUT2D eigenvalue weighted by atomic mass is 10.1. The average Bonchev–Trinajstić information content (AvgIpc) is 2.51. The van der Waals surface area contributed by atoms with Gasteiger partial charge < -0.3 is 5.32 Å². The Kier molecular flexibility index (Phi) is 5.20. The van der Waals surface area contributed by atoms with Crippen LogP contribution in [0.1, 0.15) is 21.5 Å². The first-order valence-corrected chi connectivity index (χ1v) is 7.33. The van der Waals surface area contributed by atoms with E-state index >= 15 is 0 Å². The maximum Gasteiger partial charge on any atom is 0.293 e. The summed E-state index contributed by atoms with van der Waals surface area (Å²) in [5.74, 6) is -1.16. The summed E-state index contributed by atoms with van der Waals surface area (Å²) >= 11 is 5.03. The maximum absolute atomic E-state index is 13.1. The zero-order chi connectivity index (χ0) is 17.9. The first-order valence-electron chi connectivity index (χ1n) is 6.92. The van der Waals surface area contributed by atoms with Crippen LogP contribution in [0.5, 0.6) is 0 Å². The van der Waals surface area contributed by atoms with Crippen molar-refractivity contribution in [1.82, 2.24) is 5.32 Å². The molecule has 0 saturated carbocycles. The van der Waals surface area contributed by atoms with Gasteiger partial charge in [0, 0.05) is 11.6 Å². The quantitative estimate of drug-likeness (QED) is 0.504. The number of nitro groups is 1. The number of nitrogens with one attached hydrogen (secondary N) is 2. The standard InChI is InChI=1S/C16H14FN3O3S/c1-9-6-7-13(20(22)23)14(10(9)2)18-16(24)19-15(21)11-4-3-5-12(17)8-11/h3-8H,1-2H3,(H2,18,19,21,24). The SMILES string of the molecule is Cc1ccc([N+](=O)[O-])c(NC(=S)NC(=O)c2cccc(F)c2)c1C. The Labute approximate surface area is 142 Å². The van der Waals surface area contributed by atoms with Crippen molar-refractivity contribution in [2.75, 3.05) is 5.32 Å². The monoisotopic (exact) mass is 347 g/mol. The molecule has 0 radical (unpaired) electrons. The molecular weight excluding hydrogens is 333 g/mol. The zero-order valence-corrected chi connectivity index (χ0v) is 13.7. The van der Waals surface area contributed by atoms with E-state index in [2.05, 4.69) is 10.6 Å². The van der Waals surface area contributed by atoms with Crippen LogP contribution in [0.15, 0.2) is 36.4 Å². The Balaban J connectivity index is 2.20. The summed E-state index contributed by atoms with van der Waals surface area (Å²) in [6.07, 6.45) is 0. The third-order valence-corrected chi connectivity index (χ3v) is 3.67. The van der Waals surface area contributed by atoms with Crippen molar-refractivity contribution in [2.24, 2.45) is 0 Å². The second-order valence-corrected chi connectivity index (χ2v) is 5.49. The van der Waals surface area contributed by atoms with E-state index in [0.717, 1.165) is 11.6 Å². The van der Waals surface area contributed by atoms with Crippen LogP contribution < -0.4 is 10.6 Å². The Morgan fingerprint density at radius 1 is 1.25 bits per heavy atom. The molecule has 0 fully saturated rings. The number of nitro benzene ring substituents is 1. The second-order valence-electron chi connectivity index (χ2n) is 5.08. The van der Waals surface area contributed by atoms with Crippen molar-refractivity contribution in [3.63, 3.8) is 0 Å². The summed E-state index contributed by atoms with van der Waals surface area (Å²) in [6.45, 7) is 3.51. The van der Waals surface area contributed by atoms with Gasteiger partial charge in [-0.3, -0.25) is 20.2 Å². The molecule has 2 rings (SSSR count). The number of hydrogen-bond acceptors (Lipinski definition) is 4. The predicted molar refractivity (Wildman–Crippen MR) is 92.7 cm³/mol. The Bertz CT molecular complexity index is 839. The van der Waals surface area contributed by atoms with Gasteiger partial charge in [0.25, 0.3) is 11.6 Å².